The number of Topliss-reactive ketones (excluding diaryl/α,β-unsaturated/α-hetero) is 2. The van der Waals surface area contributed by atoms with Crippen LogP contribution in [0.25, 0.3) is 5.76 Å². The number of hydrogen-bond acceptors (Lipinski definition) is 21. The van der Waals surface area contributed by atoms with Gasteiger partial charge in [0.1, 0.15) is 52.9 Å². The maximum Gasteiger partial charge on any atom is 0.255 e. The second-order valence-electron chi connectivity index (χ2n) is 18.1. The van der Waals surface area contributed by atoms with Crippen LogP contribution in [0.2, 0.25) is 0 Å². The lowest BCUT2D eigenvalue weighted by Crippen LogP contribution is -2.68. The number of likely N-dealkylation sites (N-methyl/N-ethyl adjacent to an activating group) is 2. The highest BCUT2D eigenvalue weighted by Crippen LogP contribution is 2.57. The molecule has 22 heteroatoms. The number of aliphatic hydroxyl groups is 7. The number of primary amides is 1. The second kappa shape index (κ2) is 17.9. The molecule has 2 aliphatic heterocycles. The Morgan fingerprint density at radius 3 is 2.13 bits per heavy atom. The first-order valence-electron chi connectivity index (χ1n) is 20.9. The molecule has 352 valence electrons. The Morgan fingerprint density at radius 1 is 0.937 bits per heavy atom. The van der Waals surface area contributed by atoms with Crippen LogP contribution in [0.4, 0.5) is 0 Å². The normalized spacial score (nSPS) is 42.8. The molecule has 2 saturated carbocycles. The smallest absolute Gasteiger partial charge is 0.255 e. The van der Waals surface area contributed by atoms with E-state index in [9.17, 15) is 55.2 Å². The number of rotatable bonds is 8. The number of nitrogens with one attached hydrogen (secondary N) is 1. The first-order valence-corrected chi connectivity index (χ1v) is 20.9. The molecular weight excluding hydrogens is 830 g/mol. The van der Waals surface area contributed by atoms with Gasteiger partial charge >= 0.3 is 0 Å². The molecule has 2 heterocycles. The van der Waals surface area contributed by atoms with Crippen molar-refractivity contribution in [3.05, 3.63) is 46.2 Å². The lowest BCUT2D eigenvalue weighted by Gasteiger charge is -2.53. The highest BCUT2D eigenvalue weighted by molar-refractivity contribution is 6.24. The fourth-order valence-corrected chi connectivity index (χ4v) is 10.2. The van der Waals surface area contributed by atoms with E-state index in [4.69, 9.17) is 47.6 Å². The third-order valence-corrected chi connectivity index (χ3v) is 13.6. The molecule has 0 unspecified atom stereocenters. The average Bonchev–Trinajstić information content (AvgIpc) is 3.20. The van der Waals surface area contributed by atoms with E-state index in [1.807, 2.05) is 0 Å². The largest absolute Gasteiger partial charge is 0.508 e. The van der Waals surface area contributed by atoms with Gasteiger partial charge in [-0.2, -0.15) is 0 Å². The number of phenolic OH excluding ortho intramolecular Hbond substituents is 1. The van der Waals surface area contributed by atoms with Gasteiger partial charge in [0.25, 0.3) is 5.91 Å². The zero-order valence-corrected chi connectivity index (χ0v) is 35.8. The van der Waals surface area contributed by atoms with Gasteiger partial charge in [0.2, 0.25) is 5.78 Å². The van der Waals surface area contributed by atoms with E-state index in [0.717, 1.165) is 6.42 Å². The van der Waals surface area contributed by atoms with E-state index in [1.165, 1.54) is 44.1 Å². The number of benzene rings is 1. The molecule has 2 saturated heterocycles. The number of hydrogen-bond donors (Lipinski definition) is 14. The number of aliphatic hydroxyl groups excluding tert-OH is 4. The zero-order valence-electron chi connectivity index (χ0n) is 35.8. The van der Waals surface area contributed by atoms with E-state index in [2.05, 4.69) is 5.32 Å². The second-order valence-corrected chi connectivity index (χ2v) is 18.1. The minimum Gasteiger partial charge on any atom is -0.508 e. The minimum absolute atomic E-state index is 0.0665. The Hall–Kier alpha value is -3.69. The Bertz CT molecular complexity index is 2000. The number of carbonyl (C=O) groups excluding carboxylic acids is 3. The minimum atomic E-state index is -2.75. The van der Waals surface area contributed by atoms with E-state index < -0.39 is 136 Å². The van der Waals surface area contributed by atoms with Crippen molar-refractivity contribution in [3.8, 4) is 5.75 Å². The predicted molar refractivity (Wildman–Crippen MR) is 221 cm³/mol. The number of ketones is 2. The van der Waals surface area contributed by atoms with Gasteiger partial charge in [-0.25, -0.2) is 0 Å². The van der Waals surface area contributed by atoms with Crippen molar-refractivity contribution in [2.24, 2.45) is 40.5 Å². The lowest BCUT2D eigenvalue weighted by atomic mass is 9.54. The van der Waals surface area contributed by atoms with E-state index in [0.29, 0.717) is 19.4 Å². The fourth-order valence-electron chi connectivity index (χ4n) is 10.2. The quantitative estimate of drug-likeness (QED) is 0.110. The number of amides is 1. The van der Waals surface area contributed by atoms with Crippen molar-refractivity contribution in [2.45, 2.75) is 130 Å². The third-order valence-electron chi connectivity index (χ3n) is 13.6. The summed E-state index contributed by atoms with van der Waals surface area (Å²) in [6.45, 7) is 3.23. The van der Waals surface area contributed by atoms with E-state index in [-0.39, 0.29) is 36.3 Å². The van der Waals surface area contributed by atoms with Crippen LogP contribution in [0.5, 0.6) is 5.75 Å². The maximum atomic E-state index is 13.7. The third kappa shape index (κ3) is 8.29. The van der Waals surface area contributed by atoms with Crippen molar-refractivity contribution < 1.29 is 74.2 Å². The summed E-state index contributed by atoms with van der Waals surface area (Å²) in [7, 11) is 4.63. The summed E-state index contributed by atoms with van der Waals surface area (Å²) in [5.74, 6) is -7.90. The molecule has 1 amide bonds. The van der Waals surface area contributed by atoms with Crippen molar-refractivity contribution in [1.82, 2.24) is 10.2 Å². The summed E-state index contributed by atoms with van der Waals surface area (Å²) >= 11 is 0. The van der Waals surface area contributed by atoms with Crippen LogP contribution in [0.15, 0.2) is 35.1 Å². The van der Waals surface area contributed by atoms with Crippen LogP contribution >= 0.6 is 0 Å². The Balaban J connectivity index is 0.000000210. The van der Waals surface area contributed by atoms with Gasteiger partial charge in [-0.05, 0) is 72.3 Å². The highest BCUT2D eigenvalue weighted by Gasteiger charge is 2.66. The Labute approximate surface area is 363 Å². The van der Waals surface area contributed by atoms with Gasteiger partial charge in [-0.1, -0.05) is 12.1 Å². The summed E-state index contributed by atoms with van der Waals surface area (Å²) in [5, 5.41) is 89.8. The molecule has 6 aliphatic rings. The van der Waals surface area contributed by atoms with Gasteiger partial charge in [-0.3, -0.25) is 19.3 Å². The van der Waals surface area contributed by atoms with Gasteiger partial charge < -0.3 is 93.8 Å². The summed E-state index contributed by atoms with van der Waals surface area (Å²) < 4.78 is 23.3. The van der Waals surface area contributed by atoms with Crippen LogP contribution in [0.3, 0.4) is 0 Å². The summed E-state index contributed by atoms with van der Waals surface area (Å²) in [4.78, 5) is 40.0. The van der Waals surface area contributed by atoms with Crippen molar-refractivity contribution in [2.75, 3.05) is 34.3 Å². The SMILES string of the molecule is CN(C)[C@@H]1C(=O)C(C(N)=O)=C(O)[C@@]2(O)C(=O)C3=C(O)c4c(O)cccc4[C@@](C)(O)[C@H]3C[C@@H]12.CN[C@@H]1[C@@H](O)[C@@H](O[C@@H]2[C@@H](O)[C@H](O[C@H]3O[C@H](CN)CC[C@H]3N)[C@@H](N)C[C@H]2N)OC[C@]1(C)O. The predicted octanol–water partition coefficient (Wildman–Crippen LogP) is -4.35. The van der Waals surface area contributed by atoms with Crippen LogP contribution in [0.1, 0.15) is 50.7 Å². The number of nitrogens with two attached hydrogens (primary N) is 5. The summed E-state index contributed by atoms with van der Waals surface area (Å²) in [5.41, 5.74) is 22.4. The van der Waals surface area contributed by atoms with Crippen molar-refractivity contribution in [3.63, 3.8) is 0 Å². The van der Waals surface area contributed by atoms with E-state index >= 15 is 0 Å². The van der Waals surface area contributed by atoms with Gasteiger partial charge in [0.05, 0.1) is 42.0 Å². The lowest BCUT2D eigenvalue weighted by molar-refractivity contribution is -0.306. The Morgan fingerprint density at radius 2 is 1.56 bits per heavy atom. The molecule has 0 spiro atoms. The zero-order chi connectivity index (χ0) is 46.8. The van der Waals surface area contributed by atoms with Crippen molar-refractivity contribution in [1.29, 1.82) is 0 Å². The van der Waals surface area contributed by atoms with Gasteiger partial charge in [0, 0.05) is 36.0 Å². The van der Waals surface area contributed by atoms with Gasteiger partial charge in [0.15, 0.2) is 24.0 Å². The number of fused-ring (bicyclic) bond motifs is 3. The Kier molecular flexibility index (Phi) is 13.9. The standard InChI is InChI=1S/C22H24N2O8.C19H39N5O7/c1-21(31)8-5-4-6-11(25)12(8)16(26)13-9(21)7-10-15(24(2)3)17(27)14(20(23)30)19(29)22(10,32)18(13)28;1-19(27)7-28-18(13(26)16(19)24-2)31-15-11(23)5-10(22)14(12(15)25)30-17-9(21)4-3-8(6-20)29-17/h4-6,9-10,15,25-26,29,31-32H,7H2,1-3H3,(H2,23,30);8-18,24-27H,3-7,20-23H2,1-2H3/t9-,10-,15-,21+,22-;8-,9+,10-,11+,12-,13+,14+,15-,16+,17+,18+,19-/m00/s1. The molecule has 0 bridgehead atoms. The topological polar surface area (TPSA) is 395 Å². The molecule has 17 atom stereocenters. The number of aromatic hydroxyl groups is 1. The molecule has 4 aliphatic carbocycles. The first-order chi connectivity index (χ1) is 29.4. The summed E-state index contributed by atoms with van der Waals surface area (Å²) in [6, 6.07) is 0.760. The highest BCUT2D eigenvalue weighted by atomic mass is 16.7. The van der Waals surface area contributed by atoms with E-state index in [1.54, 1.807) is 14.0 Å². The number of nitrogens with zero attached hydrogens (tertiary/aromatic N) is 1. The average molecular weight is 894 g/mol. The maximum absolute atomic E-state index is 13.7. The molecule has 1 aromatic rings. The number of ether oxygens (including phenoxy) is 4. The molecule has 0 radical (unpaired) electrons. The molecule has 0 aromatic heterocycles. The number of phenols is 1. The monoisotopic (exact) mass is 893 g/mol. The van der Waals surface area contributed by atoms with Crippen LogP contribution in [0, 0.1) is 11.8 Å². The first kappa shape index (κ1) is 48.8. The number of carbonyl (C=O) groups is 3. The fraction of sp³-hybridized carbons (Fsp3) is 0.683. The molecule has 7 rings (SSSR count). The van der Waals surface area contributed by atoms with Crippen LogP contribution in [-0.2, 0) is 38.9 Å². The van der Waals surface area contributed by atoms with Crippen LogP contribution in [-0.4, -0.2) is 182 Å². The summed E-state index contributed by atoms with van der Waals surface area (Å²) in [6.07, 6.45) is -4.68. The molecule has 4 fully saturated rings. The van der Waals surface area contributed by atoms with Gasteiger partial charge in [-0.15, -0.1) is 0 Å². The molecule has 19 N–H and O–H groups in total. The molecule has 1 aromatic carbocycles. The van der Waals surface area contributed by atoms with Crippen LogP contribution < -0.4 is 34.0 Å². The molecular formula is C41H63N7O15. The van der Waals surface area contributed by atoms with Crippen molar-refractivity contribution >= 4 is 23.2 Å². The molecule has 63 heavy (non-hydrogen) atoms. The molecule has 22 nitrogen and oxygen atoms in total.